The summed E-state index contributed by atoms with van der Waals surface area (Å²) < 4.78 is 7.10. The number of anilines is 1. The van der Waals surface area contributed by atoms with Gasteiger partial charge in [-0.2, -0.15) is 0 Å². The Bertz CT molecular complexity index is 816. The number of ether oxygens (including phenoxy) is 1. The Morgan fingerprint density at radius 3 is 2.79 bits per heavy atom. The highest BCUT2D eigenvalue weighted by Gasteiger charge is 2.18. The summed E-state index contributed by atoms with van der Waals surface area (Å²) in [5.74, 6) is 0.524. The Balaban J connectivity index is 1.58. The Hall–Kier alpha value is -2.81. The Labute approximate surface area is 142 Å². The van der Waals surface area contributed by atoms with E-state index in [0.29, 0.717) is 10.8 Å². The van der Waals surface area contributed by atoms with Crippen LogP contribution in [0.5, 0.6) is 5.75 Å². The van der Waals surface area contributed by atoms with E-state index in [4.69, 9.17) is 4.74 Å². The molecule has 1 aromatic carbocycles. The van der Waals surface area contributed by atoms with Crippen LogP contribution in [0, 0.1) is 6.92 Å². The molecule has 124 valence electrons. The first-order valence-electron chi connectivity index (χ1n) is 7.31. The molecular weight excluding hydrogens is 328 g/mol. The van der Waals surface area contributed by atoms with Crippen molar-refractivity contribution < 1.29 is 9.53 Å². The molecule has 0 saturated heterocycles. The maximum Gasteiger partial charge on any atom is 0.250 e. The number of amides is 1. The van der Waals surface area contributed by atoms with Crippen LogP contribution in [0.4, 0.5) is 5.13 Å². The van der Waals surface area contributed by atoms with Gasteiger partial charge in [-0.05, 0) is 26.0 Å². The molecule has 1 unspecified atom stereocenters. The number of carbonyl (C=O) groups is 1. The summed E-state index contributed by atoms with van der Waals surface area (Å²) >= 11 is 1.32. The smallest absolute Gasteiger partial charge is 0.250 e. The lowest BCUT2D eigenvalue weighted by molar-refractivity contribution is -0.119. The zero-order chi connectivity index (χ0) is 16.9. The number of carbonyl (C=O) groups excluding carboxylic acids is 1. The number of nitrogens with one attached hydrogen (secondary N) is 1. The minimum atomic E-state index is -0.521. The molecule has 3 rings (SSSR count). The van der Waals surface area contributed by atoms with E-state index in [-0.39, 0.29) is 12.5 Å². The van der Waals surface area contributed by atoms with Gasteiger partial charge < -0.3 is 4.74 Å². The van der Waals surface area contributed by atoms with Gasteiger partial charge in [-0.1, -0.05) is 34.7 Å². The molecule has 0 saturated carbocycles. The Morgan fingerprint density at radius 2 is 2.08 bits per heavy atom. The van der Waals surface area contributed by atoms with Crippen molar-refractivity contribution in [2.75, 3.05) is 5.32 Å². The Kier molecular flexibility index (Phi) is 4.80. The molecule has 0 spiro atoms. The zero-order valence-corrected chi connectivity index (χ0v) is 14.0. The molecule has 0 aliphatic rings. The monoisotopic (exact) mass is 344 g/mol. The lowest BCUT2D eigenvalue weighted by Crippen LogP contribution is -2.24. The zero-order valence-electron chi connectivity index (χ0n) is 13.2. The molecular formula is C15H16N6O2S. The summed E-state index contributed by atoms with van der Waals surface area (Å²) in [5, 5.41) is 19.7. The van der Waals surface area contributed by atoms with Crippen molar-refractivity contribution in [3.63, 3.8) is 0 Å². The van der Waals surface area contributed by atoms with Crippen molar-refractivity contribution in [3.05, 3.63) is 47.2 Å². The fourth-order valence-electron chi connectivity index (χ4n) is 1.92. The molecule has 1 N–H and O–H groups in total. The van der Waals surface area contributed by atoms with E-state index in [9.17, 15) is 4.79 Å². The van der Waals surface area contributed by atoms with Gasteiger partial charge in [0.05, 0.1) is 6.20 Å². The molecule has 3 aromatic rings. The first-order chi connectivity index (χ1) is 11.6. The number of nitrogens with zero attached hydrogens (tertiary/aromatic N) is 5. The van der Waals surface area contributed by atoms with Crippen molar-refractivity contribution in [1.82, 2.24) is 25.2 Å². The standard InChI is InChI=1S/C15H16N6O2S/c1-10(14(22)16-15-19-17-11(2)24-15)21-8-12(18-20-21)9-23-13-6-4-3-5-7-13/h3-8,10H,9H2,1-2H3,(H,16,19,22). The third-order valence-electron chi connectivity index (χ3n) is 3.22. The van der Waals surface area contributed by atoms with Gasteiger partial charge in [0, 0.05) is 0 Å². The molecule has 0 aliphatic heterocycles. The van der Waals surface area contributed by atoms with Crippen LogP contribution in [0.3, 0.4) is 0 Å². The van der Waals surface area contributed by atoms with Crippen LogP contribution in [0.2, 0.25) is 0 Å². The molecule has 0 fully saturated rings. The second-order valence-electron chi connectivity index (χ2n) is 5.08. The molecule has 8 nitrogen and oxygen atoms in total. The highest BCUT2D eigenvalue weighted by molar-refractivity contribution is 7.15. The minimum Gasteiger partial charge on any atom is -0.487 e. The van der Waals surface area contributed by atoms with E-state index in [2.05, 4.69) is 25.8 Å². The van der Waals surface area contributed by atoms with E-state index in [1.165, 1.54) is 16.0 Å². The predicted molar refractivity (Wildman–Crippen MR) is 88.8 cm³/mol. The largest absolute Gasteiger partial charge is 0.487 e. The lowest BCUT2D eigenvalue weighted by atomic mass is 10.3. The van der Waals surface area contributed by atoms with Gasteiger partial charge in [0.15, 0.2) is 0 Å². The van der Waals surface area contributed by atoms with Gasteiger partial charge in [0.25, 0.3) is 5.91 Å². The molecule has 2 aromatic heterocycles. The fraction of sp³-hybridized carbons (Fsp3) is 0.267. The number of para-hydroxylation sites is 1. The maximum atomic E-state index is 12.2. The first-order valence-corrected chi connectivity index (χ1v) is 8.13. The molecule has 0 radical (unpaired) electrons. The van der Waals surface area contributed by atoms with Crippen LogP contribution >= 0.6 is 11.3 Å². The van der Waals surface area contributed by atoms with Crippen LogP contribution in [0.15, 0.2) is 36.5 Å². The number of hydrogen-bond donors (Lipinski definition) is 1. The topological polar surface area (TPSA) is 94.8 Å². The summed E-state index contributed by atoms with van der Waals surface area (Å²) in [4.78, 5) is 12.2. The summed E-state index contributed by atoms with van der Waals surface area (Å²) in [5.41, 5.74) is 0.644. The van der Waals surface area contributed by atoms with Gasteiger partial charge in [-0.15, -0.1) is 15.3 Å². The number of aromatic nitrogens is 5. The van der Waals surface area contributed by atoms with Crippen LogP contribution in [-0.2, 0) is 11.4 Å². The lowest BCUT2D eigenvalue weighted by Gasteiger charge is -2.09. The molecule has 2 heterocycles. The highest BCUT2D eigenvalue weighted by atomic mass is 32.1. The van der Waals surface area contributed by atoms with Gasteiger partial charge in [0.1, 0.15) is 29.1 Å². The predicted octanol–water partition coefficient (Wildman–Crippen LogP) is 2.22. The number of hydrogen-bond acceptors (Lipinski definition) is 7. The highest BCUT2D eigenvalue weighted by Crippen LogP contribution is 2.16. The van der Waals surface area contributed by atoms with Crippen molar-refractivity contribution in [2.45, 2.75) is 26.5 Å². The molecule has 24 heavy (non-hydrogen) atoms. The third-order valence-corrected chi connectivity index (χ3v) is 3.97. The number of aryl methyl sites for hydroxylation is 1. The average Bonchev–Trinajstić information content (AvgIpc) is 3.22. The van der Waals surface area contributed by atoms with Crippen LogP contribution in [-0.4, -0.2) is 31.1 Å². The van der Waals surface area contributed by atoms with Crippen molar-refractivity contribution in [3.8, 4) is 5.75 Å². The van der Waals surface area contributed by atoms with E-state index in [1.807, 2.05) is 37.3 Å². The van der Waals surface area contributed by atoms with E-state index < -0.39 is 6.04 Å². The van der Waals surface area contributed by atoms with Crippen molar-refractivity contribution >= 4 is 22.4 Å². The molecule has 0 bridgehead atoms. The molecule has 9 heteroatoms. The van der Waals surface area contributed by atoms with E-state index in [0.717, 1.165) is 10.8 Å². The van der Waals surface area contributed by atoms with Gasteiger partial charge in [-0.25, -0.2) is 4.68 Å². The van der Waals surface area contributed by atoms with Crippen molar-refractivity contribution in [1.29, 1.82) is 0 Å². The second kappa shape index (κ2) is 7.18. The maximum absolute atomic E-state index is 12.2. The van der Waals surface area contributed by atoms with Gasteiger partial charge in [0.2, 0.25) is 5.13 Å². The van der Waals surface area contributed by atoms with E-state index >= 15 is 0 Å². The van der Waals surface area contributed by atoms with Gasteiger partial charge in [-0.3, -0.25) is 10.1 Å². The average molecular weight is 344 g/mol. The molecule has 0 aliphatic carbocycles. The fourth-order valence-corrected chi connectivity index (χ4v) is 2.51. The first kappa shape index (κ1) is 16.1. The normalized spacial score (nSPS) is 11.9. The van der Waals surface area contributed by atoms with Gasteiger partial charge >= 0.3 is 0 Å². The SMILES string of the molecule is Cc1nnc(NC(=O)C(C)n2cc(COc3ccccc3)nn2)s1. The summed E-state index contributed by atoms with van der Waals surface area (Å²) in [7, 11) is 0. The summed E-state index contributed by atoms with van der Waals surface area (Å²) in [6, 6.07) is 8.92. The number of rotatable bonds is 6. The summed E-state index contributed by atoms with van der Waals surface area (Å²) in [6.45, 7) is 3.85. The third kappa shape index (κ3) is 3.93. The minimum absolute atomic E-state index is 0.230. The van der Waals surface area contributed by atoms with Crippen LogP contribution in [0.25, 0.3) is 0 Å². The summed E-state index contributed by atoms with van der Waals surface area (Å²) in [6.07, 6.45) is 1.69. The van der Waals surface area contributed by atoms with E-state index in [1.54, 1.807) is 13.1 Å². The van der Waals surface area contributed by atoms with Crippen LogP contribution < -0.4 is 10.1 Å². The quantitative estimate of drug-likeness (QED) is 0.737. The molecule has 1 amide bonds. The molecule has 1 atom stereocenters. The number of benzene rings is 1. The second-order valence-corrected chi connectivity index (χ2v) is 6.26. The Morgan fingerprint density at radius 1 is 1.29 bits per heavy atom. The van der Waals surface area contributed by atoms with Crippen LogP contribution in [0.1, 0.15) is 23.7 Å². The van der Waals surface area contributed by atoms with Crippen molar-refractivity contribution in [2.24, 2.45) is 0 Å².